The summed E-state index contributed by atoms with van der Waals surface area (Å²) in [6, 6.07) is 7.74. The number of rotatable bonds is 3. The summed E-state index contributed by atoms with van der Waals surface area (Å²) in [6.45, 7) is 3.77. The molecule has 0 aliphatic rings. The summed E-state index contributed by atoms with van der Waals surface area (Å²) < 4.78 is 3.78. The second kappa shape index (κ2) is 5.38. The van der Waals surface area contributed by atoms with Crippen molar-refractivity contribution in [3.63, 3.8) is 0 Å². The number of aromatic nitrogens is 2. The molecule has 5 heteroatoms. The van der Waals surface area contributed by atoms with Crippen LogP contribution in [-0.4, -0.2) is 14.9 Å². The first kappa shape index (κ1) is 14.8. The number of hydrogen-bond acceptors (Lipinski definition) is 2. The van der Waals surface area contributed by atoms with Crippen LogP contribution in [0.1, 0.15) is 23.9 Å². The Morgan fingerprint density at radius 1 is 1.26 bits per heavy atom. The molecule has 1 N–H and O–H groups in total. The third-order valence-corrected chi connectivity index (χ3v) is 4.80. The molecule has 1 atom stereocenters. The average molecular weight is 388 g/mol. The molecule has 2 rings (SSSR count). The van der Waals surface area contributed by atoms with E-state index < -0.39 is 5.60 Å². The molecule has 1 aromatic carbocycles. The number of benzene rings is 1. The maximum absolute atomic E-state index is 10.7. The molecule has 0 fully saturated rings. The summed E-state index contributed by atoms with van der Waals surface area (Å²) in [5, 5.41) is 15.1. The Morgan fingerprint density at radius 2 is 1.84 bits per heavy atom. The summed E-state index contributed by atoms with van der Waals surface area (Å²) in [4.78, 5) is 0. The van der Waals surface area contributed by atoms with Gasteiger partial charge in [0.05, 0.1) is 21.5 Å². The molecule has 0 aliphatic heterocycles. The van der Waals surface area contributed by atoms with Crippen LogP contribution in [0, 0.1) is 6.92 Å². The van der Waals surface area contributed by atoms with Crippen LogP contribution in [0.25, 0.3) is 0 Å². The zero-order chi connectivity index (χ0) is 14.2. The van der Waals surface area contributed by atoms with Gasteiger partial charge >= 0.3 is 0 Å². The molecule has 1 aromatic heterocycles. The second-order valence-corrected chi connectivity index (χ2v) is 6.64. The van der Waals surface area contributed by atoms with E-state index in [0.29, 0.717) is 6.42 Å². The molecule has 0 aliphatic carbocycles. The minimum Gasteiger partial charge on any atom is -0.385 e. The lowest BCUT2D eigenvalue weighted by Crippen LogP contribution is -2.25. The Balaban J connectivity index is 2.33. The standard InChI is InChI=1S/C14H16Br2N2O/c1-9-13(16)12(18(3)17-9)8-14(2,19)10-4-6-11(15)7-5-10/h4-7,19H,8H2,1-3H3. The smallest absolute Gasteiger partial charge is 0.0924 e. The molecule has 2 aromatic rings. The third kappa shape index (κ3) is 3.09. The molecule has 0 saturated carbocycles. The third-order valence-electron chi connectivity index (χ3n) is 3.24. The Hall–Kier alpha value is -0.650. The fourth-order valence-electron chi connectivity index (χ4n) is 2.11. The Labute approximate surface area is 129 Å². The van der Waals surface area contributed by atoms with Gasteiger partial charge in [-0.2, -0.15) is 5.10 Å². The van der Waals surface area contributed by atoms with Crippen molar-refractivity contribution in [2.75, 3.05) is 0 Å². The highest BCUT2D eigenvalue weighted by molar-refractivity contribution is 9.10. The van der Waals surface area contributed by atoms with Gasteiger partial charge in [-0.1, -0.05) is 28.1 Å². The van der Waals surface area contributed by atoms with Crippen LogP contribution in [0.3, 0.4) is 0 Å². The van der Waals surface area contributed by atoms with Crippen molar-refractivity contribution in [2.45, 2.75) is 25.9 Å². The van der Waals surface area contributed by atoms with Crippen LogP contribution in [0.4, 0.5) is 0 Å². The lowest BCUT2D eigenvalue weighted by molar-refractivity contribution is 0.0554. The molecule has 0 saturated heterocycles. The number of aryl methyl sites for hydroxylation is 2. The monoisotopic (exact) mass is 386 g/mol. The zero-order valence-electron chi connectivity index (χ0n) is 11.1. The molecule has 1 unspecified atom stereocenters. The molecule has 102 valence electrons. The Kier molecular flexibility index (Phi) is 4.18. The maximum Gasteiger partial charge on any atom is 0.0924 e. The average Bonchev–Trinajstić information content (AvgIpc) is 2.56. The van der Waals surface area contributed by atoms with Crippen molar-refractivity contribution in [1.82, 2.24) is 9.78 Å². The Bertz CT molecular complexity index is 588. The molecular formula is C14H16Br2N2O. The summed E-state index contributed by atoms with van der Waals surface area (Å²) in [7, 11) is 1.89. The molecule has 19 heavy (non-hydrogen) atoms. The van der Waals surface area contributed by atoms with E-state index in [-0.39, 0.29) is 0 Å². The first-order chi connectivity index (χ1) is 8.81. The van der Waals surface area contributed by atoms with Gasteiger partial charge < -0.3 is 5.11 Å². The molecule has 0 radical (unpaired) electrons. The highest BCUT2D eigenvalue weighted by Crippen LogP contribution is 2.30. The predicted octanol–water partition coefficient (Wildman–Crippen LogP) is 3.70. The van der Waals surface area contributed by atoms with Crippen LogP contribution in [-0.2, 0) is 19.1 Å². The molecule has 0 amide bonds. The van der Waals surface area contributed by atoms with Gasteiger partial charge in [-0.25, -0.2) is 0 Å². The number of aliphatic hydroxyl groups is 1. The summed E-state index contributed by atoms with van der Waals surface area (Å²) in [5.41, 5.74) is 1.89. The lowest BCUT2D eigenvalue weighted by Gasteiger charge is -2.24. The van der Waals surface area contributed by atoms with Crippen LogP contribution in [0.15, 0.2) is 33.2 Å². The first-order valence-corrected chi connectivity index (χ1v) is 7.56. The van der Waals surface area contributed by atoms with Gasteiger partial charge in [-0.05, 0) is 47.5 Å². The van der Waals surface area contributed by atoms with Crippen molar-refractivity contribution in [1.29, 1.82) is 0 Å². The van der Waals surface area contributed by atoms with Gasteiger partial charge in [0.2, 0.25) is 0 Å². The molecular weight excluding hydrogens is 372 g/mol. The van der Waals surface area contributed by atoms with Gasteiger partial charge in [0.15, 0.2) is 0 Å². The minimum atomic E-state index is -0.927. The van der Waals surface area contributed by atoms with E-state index in [0.717, 1.165) is 25.9 Å². The topological polar surface area (TPSA) is 38.0 Å². The largest absolute Gasteiger partial charge is 0.385 e. The fourth-order valence-corrected chi connectivity index (χ4v) is 2.85. The van der Waals surface area contributed by atoms with Crippen LogP contribution in [0.2, 0.25) is 0 Å². The summed E-state index contributed by atoms with van der Waals surface area (Å²) >= 11 is 6.94. The first-order valence-electron chi connectivity index (χ1n) is 5.97. The van der Waals surface area contributed by atoms with Crippen LogP contribution in [0.5, 0.6) is 0 Å². The molecule has 3 nitrogen and oxygen atoms in total. The fraction of sp³-hybridized carbons (Fsp3) is 0.357. The summed E-state index contributed by atoms with van der Waals surface area (Å²) in [6.07, 6.45) is 0.507. The van der Waals surface area contributed by atoms with E-state index in [9.17, 15) is 5.11 Å². The van der Waals surface area contributed by atoms with Gasteiger partial charge in [-0.3, -0.25) is 4.68 Å². The molecule has 0 bridgehead atoms. The van der Waals surface area contributed by atoms with E-state index in [1.54, 1.807) is 0 Å². The predicted molar refractivity (Wildman–Crippen MR) is 83.1 cm³/mol. The van der Waals surface area contributed by atoms with Crippen LogP contribution >= 0.6 is 31.9 Å². The van der Waals surface area contributed by atoms with Crippen molar-refractivity contribution in [2.24, 2.45) is 7.05 Å². The van der Waals surface area contributed by atoms with Crippen molar-refractivity contribution < 1.29 is 5.11 Å². The SMILES string of the molecule is Cc1nn(C)c(CC(C)(O)c2ccc(Br)cc2)c1Br. The van der Waals surface area contributed by atoms with Gasteiger partial charge in [0.25, 0.3) is 0 Å². The minimum absolute atomic E-state index is 0.507. The van der Waals surface area contributed by atoms with Crippen molar-refractivity contribution in [3.8, 4) is 0 Å². The van der Waals surface area contributed by atoms with Gasteiger partial charge in [0.1, 0.15) is 0 Å². The highest BCUT2D eigenvalue weighted by Gasteiger charge is 2.27. The molecule has 0 spiro atoms. The maximum atomic E-state index is 10.7. The van der Waals surface area contributed by atoms with E-state index in [4.69, 9.17) is 0 Å². The quantitative estimate of drug-likeness (QED) is 0.871. The number of nitrogens with zero attached hydrogens (tertiary/aromatic N) is 2. The van der Waals surface area contributed by atoms with E-state index in [2.05, 4.69) is 37.0 Å². The van der Waals surface area contributed by atoms with Crippen molar-refractivity contribution >= 4 is 31.9 Å². The van der Waals surface area contributed by atoms with Crippen LogP contribution < -0.4 is 0 Å². The van der Waals surface area contributed by atoms with Crippen molar-refractivity contribution in [3.05, 3.63) is 50.2 Å². The highest BCUT2D eigenvalue weighted by atomic mass is 79.9. The zero-order valence-corrected chi connectivity index (χ0v) is 14.3. The Morgan fingerprint density at radius 3 is 2.32 bits per heavy atom. The number of hydrogen-bond donors (Lipinski definition) is 1. The van der Waals surface area contributed by atoms with Gasteiger partial charge in [-0.15, -0.1) is 0 Å². The van der Waals surface area contributed by atoms with E-state index >= 15 is 0 Å². The number of halogens is 2. The summed E-state index contributed by atoms with van der Waals surface area (Å²) in [5.74, 6) is 0. The van der Waals surface area contributed by atoms with E-state index in [1.807, 2.05) is 49.8 Å². The van der Waals surface area contributed by atoms with E-state index in [1.165, 1.54) is 0 Å². The molecule has 1 heterocycles. The van der Waals surface area contributed by atoms with Gasteiger partial charge in [0, 0.05) is 17.9 Å². The second-order valence-electron chi connectivity index (χ2n) is 4.93. The normalized spacial score (nSPS) is 14.4. The lowest BCUT2D eigenvalue weighted by atomic mass is 9.91.